The van der Waals surface area contributed by atoms with Gasteiger partial charge < -0.3 is 9.67 Å². The first kappa shape index (κ1) is 16.7. The van der Waals surface area contributed by atoms with Gasteiger partial charge in [-0.3, -0.25) is 4.68 Å². The molecule has 0 bridgehead atoms. The average Bonchev–Trinajstić information content (AvgIpc) is 3.06. The van der Waals surface area contributed by atoms with Crippen molar-refractivity contribution in [1.29, 1.82) is 0 Å². The Morgan fingerprint density at radius 2 is 2.00 bits per heavy atom. The lowest BCUT2D eigenvalue weighted by Gasteiger charge is -2.19. The Balaban J connectivity index is 1.70. The van der Waals surface area contributed by atoms with Gasteiger partial charge in [-0.25, -0.2) is 0 Å². The molecule has 5 heteroatoms. The van der Waals surface area contributed by atoms with Crippen LogP contribution in [0.4, 0.5) is 0 Å². The van der Waals surface area contributed by atoms with E-state index < -0.39 is 6.10 Å². The lowest BCUT2D eigenvalue weighted by molar-refractivity contribution is 0.129. The first-order valence-electron chi connectivity index (χ1n) is 9.02. The lowest BCUT2D eigenvalue weighted by Crippen LogP contribution is -2.24. The second-order valence-corrected chi connectivity index (χ2v) is 7.55. The van der Waals surface area contributed by atoms with Crippen molar-refractivity contribution >= 4 is 22.5 Å². The van der Waals surface area contributed by atoms with Gasteiger partial charge in [0.15, 0.2) is 0 Å². The van der Waals surface area contributed by atoms with Crippen LogP contribution in [0.5, 0.6) is 0 Å². The number of aliphatic hydroxyl groups excluding tert-OH is 1. The topological polar surface area (TPSA) is 43.0 Å². The van der Waals surface area contributed by atoms with E-state index in [-0.39, 0.29) is 0 Å². The van der Waals surface area contributed by atoms with E-state index in [2.05, 4.69) is 15.7 Å². The smallest absolute Gasteiger partial charge is 0.0914 e. The van der Waals surface area contributed by atoms with E-state index >= 15 is 0 Å². The van der Waals surface area contributed by atoms with Crippen molar-refractivity contribution in [3.63, 3.8) is 0 Å². The number of para-hydroxylation sites is 1. The van der Waals surface area contributed by atoms with E-state index in [1.807, 2.05) is 36.7 Å². The van der Waals surface area contributed by atoms with Crippen LogP contribution < -0.4 is 0 Å². The Morgan fingerprint density at radius 3 is 2.76 bits per heavy atom. The van der Waals surface area contributed by atoms with E-state index in [0.29, 0.717) is 13.1 Å². The molecule has 1 aliphatic carbocycles. The van der Waals surface area contributed by atoms with Gasteiger partial charge in [0, 0.05) is 16.8 Å². The summed E-state index contributed by atoms with van der Waals surface area (Å²) >= 11 is 6.53. The minimum Gasteiger partial charge on any atom is -0.389 e. The average molecular weight is 358 g/mol. The molecule has 0 unspecified atom stereocenters. The summed E-state index contributed by atoms with van der Waals surface area (Å²) in [6.07, 6.45) is 4.09. The van der Waals surface area contributed by atoms with Crippen molar-refractivity contribution in [3.8, 4) is 0 Å². The van der Waals surface area contributed by atoms with Crippen molar-refractivity contribution in [2.24, 2.45) is 0 Å². The fourth-order valence-electron chi connectivity index (χ4n) is 4.17. The zero-order valence-corrected chi connectivity index (χ0v) is 15.6. The van der Waals surface area contributed by atoms with Gasteiger partial charge in [-0.15, -0.1) is 0 Å². The summed E-state index contributed by atoms with van der Waals surface area (Å²) in [6.45, 7) is 5.05. The highest BCUT2D eigenvalue weighted by atomic mass is 35.5. The summed E-state index contributed by atoms with van der Waals surface area (Å²) in [5.41, 5.74) is 5.90. The molecule has 0 amide bonds. The van der Waals surface area contributed by atoms with E-state index in [0.717, 1.165) is 34.8 Å². The summed E-state index contributed by atoms with van der Waals surface area (Å²) in [5.74, 6) is 0. The number of aliphatic hydroxyl groups is 1. The van der Waals surface area contributed by atoms with Crippen LogP contribution in [-0.4, -0.2) is 25.6 Å². The van der Waals surface area contributed by atoms with Crippen LogP contribution in [-0.2, 0) is 25.9 Å². The summed E-state index contributed by atoms with van der Waals surface area (Å²) in [4.78, 5) is 0. The Bertz CT molecular complexity index is 925. The second kappa shape index (κ2) is 6.50. The van der Waals surface area contributed by atoms with Crippen LogP contribution in [0.3, 0.4) is 0 Å². The number of fused-ring (bicyclic) bond motifs is 3. The number of aromatic nitrogens is 3. The van der Waals surface area contributed by atoms with E-state index in [4.69, 9.17) is 11.6 Å². The number of nitrogens with zero attached hydrogens (tertiary/aromatic N) is 3. The second-order valence-electron chi connectivity index (χ2n) is 7.14. The van der Waals surface area contributed by atoms with E-state index in [1.165, 1.54) is 29.5 Å². The zero-order chi connectivity index (χ0) is 17.6. The van der Waals surface area contributed by atoms with Crippen molar-refractivity contribution in [3.05, 3.63) is 51.9 Å². The standard InChI is InChI=1S/C20H24ClN3O/c1-13-10-14(2)24(22-13)12-15(25)11-23-19-9-4-3-6-16(19)17-7-5-8-18(21)20(17)23/h5,7-8,10,15,25H,3-4,6,9,11-12H2,1-2H3/t15-/m0/s1. The summed E-state index contributed by atoms with van der Waals surface area (Å²) in [5, 5.41) is 17.2. The number of hydrogen-bond donors (Lipinski definition) is 1. The molecule has 1 atom stereocenters. The number of hydrogen-bond acceptors (Lipinski definition) is 2. The lowest BCUT2D eigenvalue weighted by atomic mass is 9.95. The third kappa shape index (κ3) is 2.98. The Morgan fingerprint density at radius 1 is 1.20 bits per heavy atom. The highest BCUT2D eigenvalue weighted by Gasteiger charge is 2.23. The molecule has 132 valence electrons. The van der Waals surface area contributed by atoms with Crippen LogP contribution in [0.2, 0.25) is 5.02 Å². The van der Waals surface area contributed by atoms with Gasteiger partial charge >= 0.3 is 0 Å². The van der Waals surface area contributed by atoms with Crippen molar-refractivity contribution < 1.29 is 5.11 Å². The minimum atomic E-state index is -0.504. The maximum atomic E-state index is 10.7. The first-order valence-corrected chi connectivity index (χ1v) is 9.40. The first-order chi connectivity index (χ1) is 12.0. The van der Waals surface area contributed by atoms with Gasteiger partial charge in [0.05, 0.1) is 35.4 Å². The van der Waals surface area contributed by atoms with Crippen LogP contribution in [0, 0.1) is 13.8 Å². The Labute approximate surface area is 153 Å². The van der Waals surface area contributed by atoms with E-state index in [1.54, 1.807) is 0 Å². The Hall–Kier alpha value is -1.78. The third-order valence-electron chi connectivity index (χ3n) is 5.23. The van der Waals surface area contributed by atoms with Gasteiger partial charge in [-0.2, -0.15) is 5.10 Å². The number of halogens is 1. The number of rotatable bonds is 4. The molecular formula is C20H24ClN3O. The SMILES string of the molecule is Cc1cc(C)n(C[C@@H](O)Cn2c3c(c4cccc(Cl)c42)CCCC3)n1. The van der Waals surface area contributed by atoms with Crippen molar-refractivity contribution in [1.82, 2.24) is 14.3 Å². The van der Waals surface area contributed by atoms with Crippen molar-refractivity contribution in [2.75, 3.05) is 0 Å². The summed E-state index contributed by atoms with van der Waals surface area (Å²) in [6, 6.07) is 8.17. The van der Waals surface area contributed by atoms with Crippen LogP contribution >= 0.6 is 11.6 Å². The fraction of sp³-hybridized carbons (Fsp3) is 0.450. The van der Waals surface area contributed by atoms with Crippen molar-refractivity contribution in [2.45, 2.75) is 58.7 Å². The summed E-state index contributed by atoms with van der Waals surface area (Å²) in [7, 11) is 0. The summed E-state index contributed by atoms with van der Waals surface area (Å²) < 4.78 is 4.14. The molecule has 25 heavy (non-hydrogen) atoms. The van der Waals surface area contributed by atoms with Crippen LogP contribution in [0.25, 0.3) is 10.9 Å². The molecule has 1 aliphatic rings. The van der Waals surface area contributed by atoms with Crippen LogP contribution in [0.1, 0.15) is 35.5 Å². The molecule has 0 radical (unpaired) electrons. The van der Waals surface area contributed by atoms with Gasteiger partial charge in [0.2, 0.25) is 0 Å². The van der Waals surface area contributed by atoms with Gasteiger partial charge in [0.25, 0.3) is 0 Å². The van der Waals surface area contributed by atoms with E-state index in [9.17, 15) is 5.11 Å². The largest absolute Gasteiger partial charge is 0.389 e. The fourth-order valence-corrected chi connectivity index (χ4v) is 4.45. The molecule has 3 aromatic rings. The molecule has 0 saturated carbocycles. The maximum absolute atomic E-state index is 10.7. The molecule has 1 N–H and O–H groups in total. The molecule has 0 saturated heterocycles. The van der Waals surface area contributed by atoms with Gasteiger partial charge in [0.1, 0.15) is 0 Å². The molecule has 0 spiro atoms. The predicted octanol–water partition coefficient (Wildman–Crippen LogP) is 4.05. The molecule has 4 rings (SSSR count). The van der Waals surface area contributed by atoms with Crippen LogP contribution in [0.15, 0.2) is 24.3 Å². The normalized spacial score (nSPS) is 15.5. The highest BCUT2D eigenvalue weighted by molar-refractivity contribution is 6.35. The highest BCUT2D eigenvalue weighted by Crippen LogP contribution is 2.35. The molecule has 2 aromatic heterocycles. The zero-order valence-electron chi connectivity index (χ0n) is 14.8. The Kier molecular flexibility index (Phi) is 4.34. The predicted molar refractivity (Wildman–Crippen MR) is 101 cm³/mol. The van der Waals surface area contributed by atoms with Gasteiger partial charge in [-0.05, 0) is 57.2 Å². The minimum absolute atomic E-state index is 0.499. The monoisotopic (exact) mass is 357 g/mol. The number of benzene rings is 1. The molecule has 4 nitrogen and oxygen atoms in total. The third-order valence-corrected chi connectivity index (χ3v) is 5.53. The molecule has 1 aromatic carbocycles. The molecule has 0 aliphatic heterocycles. The quantitative estimate of drug-likeness (QED) is 0.765. The molecule has 0 fully saturated rings. The maximum Gasteiger partial charge on any atom is 0.0914 e. The number of aryl methyl sites for hydroxylation is 3. The molecule has 2 heterocycles. The molecular weight excluding hydrogens is 334 g/mol. The van der Waals surface area contributed by atoms with Gasteiger partial charge in [-0.1, -0.05) is 23.7 Å².